The second-order valence-corrected chi connectivity index (χ2v) is 10.1. The molecule has 0 aromatic heterocycles. The minimum atomic E-state index is -3.70. The van der Waals surface area contributed by atoms with Crippen molar-refractivity contribution in [2.75, 3.05) is 11.1 Å². The van der Waals surface area contributed by atoms with Gasteiger partial charge in [-0.05, 0) is 57.5 Å². The summed E-state index contributed by atoms with van der Waals surface area (Å²) in [7, 11) is -3.70. The molecule has 4 nitrogen and oxygen atoms in total. The van der Waals surface area contributed by atoms with Crippen LogP contribution in [-0.2, 0) is 20.0 Å². The molecule has 156 valence electrons. The van der Waals surface area contributed by atoms with Gasteiger partial charge < -0.3 is 5.32 Å². The summed E-state index contributed by atoms with van der Waals surface area (Å²) in [6.45, 7) is 7.52. The van der Waals surface area contributed by atoms with E-state index in [1.54, 1.807) is 31.2 Å². The molecule has 1 amide bonds. The highest BCUT2D eigenvalue weighted by molar-refractivity contribution is 7.91. The van der Waals surface area contributed by atoms with Crippen molar-refractivity contribution in [3.8, 4) is 0 Å². The third-order valence-corrected chi connectivity index (χ3v) is 7.31. The lowest BCUT2D eigenvalue weighted by Gasteiger charge is -2.29. The van der Waals surface area contributed by atoms with E-state index in [0.29, 0.717) is 11.3 Å². The van der Waals surface area contributed by atoms with Crippen molar-refractivity contribution in [1.82, 2.24) is 0 Å². The van der Waals surface area contributed by atoms with E-state index in [2.05, 4.69) is 5.32 Å². The molecule has 0 radical (unpaired) electrons. The molecule has 0 saturated carbocycles. The summed E-state index contributed by atoms with van der Waals surface area (Å²) >= 11 is 0. The zero-order valence-electron chi connectivity index (χ0n) is 17.8. The zero-order chi connectivity index (χ0) is 21.9. The lowest BCUT2D eigenvalue weighted by molar-refractivity contribution is -0.120. The van der Waals surface area contributed by atoms with E-state index in [1.807, 2.05) is 69.3 Å². The van der Waals surface area contributed by atoms with Crippen LogP contribution in [0.2, 0.25) is 0 Å². The van der Waals surface area contributed by atoms with E-state index in [1.165, 1.54) is 0 Å². The van der Waals surface area contributed by atoms with Crippen LogP contribution in [0.4, 0.5) is 5.69 Å². The Morgan fingerprint density at radius 3 is 1.70 bits per heavy atom. The number of rotatable bonds is 6. The molecule has 0 heterocycles. The van der Waals surface area contributed by atoms with Crippen molar-refractivity contribution in [2.45, 2.75) is 38.0 Å². The predicted molar refractivity (Wildman–Crippen MR) is 122 cm³/mol. The van der Waals surface area contributed by atoms with Crippen molar-refractivity contribution in [2.24, 2.45) is 0 Å². The highest BCUT2D eigenvalue weighted by Gasteiger charge is 2.40. The van der Waals surface area contributed by atoms with E-state index >= 15 is 0 Å². The molecular formula is C25H27NO3S. The molecule has 5 heteroatoms. The number of aryl methyl sites for hydroxylation is 3. The average Bonchev–Trinajstić information content (AvgIpc) is 2.70. The standard InChI is InChI=1S/C25H27NO3S/c1-18-5-11-21(12-6-18)25(4,24(27)26-22-13-7-19(2)8-14-22)17-30(28,29)23-15-9-20(3)10-16-23/h5-16H,17H2,1-4H3,(H,26,27)/t25-/m1/s1. The van der Waals surface area contributed by atoms with Crippen LogP contribution in [0.5, 0.6) is 0 Å². The third-order valence-electron chi connectivity index (χ3n) is 5.36. The Bertz CT molecular complexity index is 1130. The molecule has 0 aliphatic carbocycles. The van der Waals surface area contributed by atoms with Crippen molar-refractivity contribution >= 4 is 21.4 Å². The van der Waals surface area contributed by atoms with E-state index in [4.69, 9.17) is 0 Å². The molecule has 0 aliphatic rings. The number of carbonyl (C=O) groups excluding carboxylic acids is 1. The first-order valence-electron chi connectivity index (χ1n) is 9.85. The molecule has 3 aromatic carbocycles. The van der Waals surface area contributed by atoms with Crippen LogP contribution in [0.3, 0.4) is 0 Å². The van der Waals surface area contributed by atoms with Gasteiger partial charge in [0.15, 0.2) is 9.84 Å². The van der Waals surface area contributed by atoms with Crippen molar-refractivity contribution in [3.05, 3.63) is 95.1 Å². The predicted octanol–water partition coefficient (Wildman–Crippen LogP) is 4.98. The van der Waals surface area contributed by atoms with Crippen LogP contribution < -0.4 is 5.32 Å². The van der Waals surface area contributed by atoms with Gasteiger partial charge in [-0.3, -0.25) is 4.79 Å². The van der Waals surface area contributed by atoms with E-state index in [9.17, 15) is 13.2 Å². The Labute approximate surface area is 178 Å². The van der Waals surface area contributed by atoms with Gasteiger partial charge in [-0.25, -0.2) is 8.42 Å². The van der Waals surface area contributed by atoms with Gasteiger partial charge in [0.05, 0.1) is 16.1 Å². The smallest absolute Gasteiger partial charge is 0.235 e. The Morgan fingerprint density at radius 2 is 1.20 bits per heavy atom. The molecule has 1 atom stereocenters. The van der Waals surface area contributed by atoms with Crippen molar-refractivity contribution in [1.29, 1.82) is 0 Å². The molecule has 0 aliphatic heterocycles. The second-order valence-electron chi connectivity index (χ2n) is 8.09. The molecule has 1 N–H and O–H groups in total. The van der Waals surface area contributed by atoms with Crippen LogP contribution in [-0.4, -0.2) is 20.1 Å². The third kappa shape index (κ3) is 4.79. The summed E-state index contributed by atoms with van der Waals surface area (Å²) in [6, 6.07) is 21.6. The molecule has 0 saturated heterocycles. The zero-order valence-corrected chi connectivity index (χ0v) is 18.6. The van der Waals surface area contributed by atoms with Crippen LogP contribution in [0, 0.1) is 20.8 Å². The summed E-state index contributed by atoms with van der Waals surface area (Å²) in [4.78, 5) is 13.6. The first kappa shape index (κ1) is 21.8. The van der Waals surface area contributed by atoms with Gasteiger partial charge >= 0.3 is 0 Å². The Kier molecular flexibility index (Phi) is 6.13. The number of anilines is 1. The van der Waals surface area contributed by atoms with Crippen molar-refractivity contribution in [3.63, 3.8) is 0 Å². The number of sulfone groups is 1. The van der Waals surface area contributed by atoms with Crippen LogP contribution in [0.1, 0.15) is 29.2 Å². The van der Waals surface area contributed by atoms with Gasteiger partial charge in [0, 0.05) is 5.69 Å². The topological polar surface area (TPSA) is 63.2 Å². The monoisotopic (exact) mass is 421 g/mol. The average molecular weight is 422 g/mol. The number of hydrogen-bond acceptors (Lipinski definition) is 3. The van der Waals surface area contributed by atoms with Crippen LogP contribution in [0.15, 0.2) is 77.7 Å². The number of amides is 1. The minimum Gasteiger partial charge on any atom is -0.325 e. The van der Waals surface area contributed by atoms with E-state index in [0.717, 1.165) is 16.7 Å². The first-order valence-corrected chi connectivity index (χ1v) is 11.5. The first-order chi connectivity index (χ1) is 14.1. The highest BCUT2D eigenvalue weighted by Crippen LogP contribution is 2.30. The van der Waals surface area contributed by atoms with Crippen LogP contribution >= 0.6 is 0 Å². The Balaban J connectivity index is 2.00. The molecule has 0 spiro atoms. The summed E-state index contributed by atoms with van der Waals surface area (Å²) in [5.74, 6) is -0.685. The largest absolute Gasteiger partial charge is 0.325 e. The van der Waals surface area contributed by atoms with Crippen molar-refractivity contribution < 1.29 is 13.2 Å². The summed E-state index contributed by atoms with van der Waals surface area (Å²) in [6.07, 6.45) is 0. The maximum atomic E-state index is 13.4. The normalized spacial score (nSPS) is 13.5. The summed E-state index contributed by atoms with van der Waals surface area (Å²) in [5.41, 5.74) is 3.14. The molecule has 3 rings (SSSR count). The Hall–Kier alpha value is -2.92. The molecule has 0 fully saturated rings. The quantitative estimate of drug-likeness (QED) is 0.610. The van der Waals surface area contributed by atoms with Gasteiger partial charge in [-0.2, -0.15) is 0 Å². The molecular weight excluding hydrogens is 394 g/mol. The SMILES string of the molecule is Cc1ccc(NC(=O)[C@](C)(CS(=O)(=O)c2ccc(C)cc2)c2ccc(C)cc2)cc1. The molecule has 0 unspecified atom stereocenters. The fourth-order valence-corrected chi connectivity index (χ4v) is 5.09. The van der Waals surface area contributed by atoms with Gasteiger partial charge in [-0.15, -0.1) is 0 Å². The van der Waals surface area contributed by atoms with Gasteiger partial charge in [0.2, 0.25) is 5.91 Å². The van der Waals surface area contributed by atoms with Crippen LogP contribution in [0.25, 0.3) is 0 Å². The minimum absolute atomic E-state index is 0.217. The lowest BCUT2D eigenvalue weighted by atomic mass is 9.83. The Morgan fingerprint density at radius 1 is 0.767 bits per heavy atom. The molecule has 0 bridgehead atoms. The van der Waals surface area contributed by atoms with Gasteiger partial charge in [0.25, 0.3) is 0 Å². The summed E-state index contributed by atoms with van der Waals surface area (Å²) in [5, 5.41) is 2.90. The number of carbonyl (C=O) groups is 1. The maximum Gasteiger partial charge on any atom is 0.235 e. The van der Waals surface area contributed by atoms with E-state index < -0.39 is 15.3 Å². The summed E-state index contributed by atoms with van der Waals surface area (Å²) < 4.78 is 26.4. The maximum absolute atomic E-state index is 13.4. The molecule has 30 heavy (non-hydrogen) atoms. The number of nitrogens with one attached hydrogen (secondary N) is 1. The number of hydrogen-bond donors (Lipinski definition) is 1. The fourth-order valence-electron chi connectivity index (χ4n) is 3.32. The lowest BCUT2D eigenvalue weighted by Crippen LogP contribution is -2.43. The van der Waals surface area contributed by atoms with Gasteiger partial charge in [-0.1, -0.05) is 65.2 Å². The fraction of sp³-hybridized carbons (Fsp3) is 0.240. The van der Waals surface area contributed by atoms with E-state index in [-0.39, 0.29) is 16.6 Å². The number of benzene rings is 3. The highest BCUT2D eigenvalue weighted by atomic mass is 32.2. The van der Waals surface area contributed by atoms with Gasteiger partial charge in [0.1, 0.15) is 0 Å². The second kappa shape index (κ2) is 8.44. The molecule has 3 aromatic rings.